The van der Waals surface area contributed by atoms with E-state index in [1.165, 1.54) is 0 Å². The first-order chi connectivity index (χ1) is 8.56. The molecule has 6 nitrogen and oxygen atoms in total. The smallest absolute Gasteiger partial charge is 0.244 e. The van der Waals surface area contributed by atoms with Gasteiger partial charge in [0.15, 0.2) is 0 Å². The number of nitrogens with two attached hydrogens (primary N) is 1. The van der Waals surface area contributed by atoms with Crippen LogP contribution in [0, 0.1) is 0 Å². The maximum absolute atomic E-state index is 11.8. The Morgan fingerprint density at radius 1 is 1.33 bits per heavy atom. The third-order valence-electron chi connectivity index (χ3n) is 3.76. The number of hydrogen-bond donors (Lipinski definition) is 2. The summed E-state index contributed by atoms with van der Waals surface area (Å²) < 4.78 is 0. The van der Waals surface area contributed by atoms with Crippen molar-refractivity contribution >= 4 is 11.8 Å². The normalized spacial score (nSPS) is 26.7. The van der Waals surface area contributed by atoms with Crippen LogP contribution in [0.1, 0.15) is 19.3 Å². The van der Waals surface area contributed by atoms with Crippen molar-refractivity contribution in [3.63, 3.8) is 0 Å². The Bertz CT molecular complexity index is 326. The summed E-state index contributed by atoms with van der Waals surface area (Å²) in [6, 6.07) is -0.0519. The number of likely N-dealkylation sites (tertiary alicyclic amines) is 2. The summed E-state index contributed by atoms with van der Waals surface area (Å²) >= 11 is 0. The highest BCUT2D eigenvalue weighted by Gasteiger charge is 2.30. The maximum Gasteiger partial charge on any atom is 0.244 e. The molecule has 0 aromatic carbocycles. The molecule has 2 saturated heterocycles. The number of amides is 2. The topological polar surface area (TPSA) is 78.7 Å². The summed E-state index contributed by atoms with van der Waals surface area (Å²) in [6.45, 7) is 2.84. The van der Waals surface area contributed by atoms with Gasteiger partial charge in [0.25, 0.3) is 0 Å². The van der Waals surface area contributed by atoms with E-state index in [0.29, 0.717) is 13.0 Å². The van der Waals surface area contributed by atoms with E-state index < -0.39 is 0 Å². The molecule has 2 rings (SSSR count). The number of carbonyl (C=O) groups is 2. The van der Waals surface area contributed by atoms with Crippen LogP contribution >= 0.6 is 0 Å². The summed E-state index contributed by atoms with van der Waals surface area (Å²) in [6.07, 6.45) is 2.60. The molecule has 1 unspecified atom stereocenters. The van der Waals surface area contributed by atoms with Crippen molar-refractivity contribution in [3.8, 4) is 0 Å². The van der Waals surface area contributed by atoms with Crippen molar-refractivity contribution in [1.29, 1.82) is 0 Å². The Balaban J connectivity index is 1.74. The summed E-state index contributed by atoms with van der Waals surface area (Å²) in [5.41, 5.74) is 5.82. The van der Waals surface area contributed by atoms with E-state index in [-0.39, 0.29) is 23.9 Å². The van der Waals surface area contributed by atoms with E-state index >= 15 is 0 Å². The molecule has 2 aliphatic heterocycles. The van der Waals surface area contributed by atoms with Gasteiger partial charge >= 0.3 is 0 Å². The van der Waals surface area contributed by atoms with Crippen molar-refractivity contribution < 1.29 is 9.59 Å². The van der Waals surface area contributed by atoms with Crippen LogP contribution in [0.5, 0.6) is 0 Å². The van der Waals surface area contributed by atoms with Crippen LogP contribution < -0.4 is 11.1 Å². The lowest BCUT2D eigenvalue weighted by atomic mass is 10.1. The summed E-state index contributed by atoms with van der Waals surface area (Å²) in [4.78, 5) is 27.3. The van der Waals surface area contributed by atoms with E-state index in [1.54, 1.807) is 11.9 Å². The molecule has 6 heteroatoms. The zero-order chi connectivity index (χ0) is 13.1. The Hall–Kier alpha value is -1.14. The minimum Gasteiger partial charge on any atom is -0.344 e. The molecule has 2 aliphatic rings. The van der Waals surface area contributed by atoms with Crippen molar-refractivity contribution in [2.24, 2.45) is 5.73 Å². The lowest BCUT2D eigenvalue weighted by molar-refractivity contribution is -0.132. The molecular weight excluding hydrogens is 232 g/mol. The second-order valence-electron chi connectivity index (χ2n) is 5.28. The third-order valence-corrected chi connectivity index (χ3v) is 3.76. The van der Waals surface area contributed by atoms with Crippen molar-refractivity contribution in [2.45, 2.75) is 31.3 Å². The molecule has 2 fully saturated rings. The van der Waals surface area contributed by atoms with Crippen LogP contribution in [0.25, 0.3) is 0 Å². The highest BCUT2D eigenvalue weighted by molar-refractivity contribution is 5.89. The molecule has 0 aromatic rings. The van der Waals surface area contributed by atoms with E-state index in [9.17, 15) is 9.59 Å². The van der Waals surface area contributed by atoms with Crippen LogP contribution in [-0.2, 0) is 9.59 Å². The maximum atomic E-state index is 11.8. The lowest BCUT2D eigenvalue weighted by Gasteiger charge is -2.29. The van der Waals surface area contributed by atoms with Crippen molar-refractivity contribution in [3.05, 3.63) is 0 Å². The molecule has 2 heterocycles. The molecule has 18 heavy (non-hydrogen) atoms. The van der Waals surface area contributed by atoms with Gasteiger partial charge in [0, 0.05) is 32.7 Å². The molecule has 3 N–H and O–H groups in total. The van der Waals surface area contributed by atoms with Gasteiger partial charge < -0.3 is 16.0 Å². The number of hydrogen-bond acceptors (Lipinski definition) is 4. The average Bonchev–Trinajstić information content (AvgIpc) is 2.64. The van der Waals surface area contributed by atoms with Crippen LogP contribution in [0.15, 0.2) is 0 Å². The van der Waals surface area contributed by atoms with Crippen LogP contribution in [0.3, 0.4) is 0 Å². The quantitative estimate of drug-likeness (QED) is 0.660. The molecule has 102 valence electrons. The molecule has 0 radical (unpaired) electrons. The highest BCUT2D eigenvalue weighted by Crippen LogP contribution is 2.10. The van der Waals surface area contributed by atoms with Gasteiger partial charge in [-0.1, -0.05) is 0 Å². The zero-order valence-electron chi connectivity index (χ0n) is 10.9. The number of rotatable bonds is 3. The number of likely N-dealkylation sites (N-methyl/N-ethyl adjacent to an activating group) is 1. The van der Waals surface area contributed by atoms with E-state index in [2.05, 4.69) is 10.2 Å². The first-order valence-electron chi connectivity index (χ1n) is 6.58. The highest BCUT2D eigenvalue weighted by atomic mass is 16.2. The van der Waals surface area contributed by atoms with Gasteiger partial charge in [0.1, 0.15) is 6.04 Å². The fourth-order valence-corrected chi connectivity index (χ4v) is 2.51. The number of piperidine rings is 1. The Morgan fingerprint density at radius 2 is 2.00 bits per heavy atom. The Morgan fingerprint density at radius 3 is 2.56 bits per heavy atom. The molecule has 0 saturated carbocycles. The minimum absolute atomic E-state index is 0.0176. The average molecular weight is 254 g/mol. The molecule has 0 spiro atoms. The molecule has 0 bridgehead atoms. The van der Waals surface area contributed by atoms with Crippen molar-refractivity contribution in [1.82, 2.24) is 15.1 Å². The second-order valence-corrected chi connectivity index (χ2v) is 5.28. The largest absolute Gasteiger partial charge is 0.344 e. The van der Waals surface area contributed by atoms with Crippen molar-refractivity contribution in [2.75, 3.05) is 33.2 Å². The summed E-state index contributed by atoms with van der Waals surface area (Å²) in [7, 11) is 1.76. The van der Waals surface area contributed by atoms with Gasteiger partial charge in [0.2, 0.25) is 11.8 Å². The van der Waals surface area contributed by atoms with Gasteiger partial charge in [-0.3, -0.25) is 14.5 Å². The van der Waals surface area contributed by atoms with Crippen LogP contribution in [-0.4, -0.2) is 66.9 Å². The standard InChI is InChI=1S/C12H22N4O2/c1-15-5-4-10(12(15)18)14-11(17)8-16-6-2-9(13)3-7-16/h9-10H,2-8,13H2,1H3,(H,14,17). The van der Waals surface area contributed by atoms with Gasteiger partial charge in [-0.05, 0) is 19.3 Å². The number of nitrogens with one attached hydrogen (secondary N) is 1. The van der Waals surface area contributed by atoms with Gasteiger partial charge in [-0.15, -0.1) is 0 Å². The Kier molecular flexibility index (Phi) is 4.19. The van der Waals surface area contributed by atoms with Gasteiger partial charge in [-0.2, -0.15) is 0 Å². The van der Waals surface area contributed by atoms with E-state index in [0.717, 1.165) is 32.5 Å². The van der Waals surface area contributed by atoms with Crippen LogP contribution in [0.2, 0.25) is 0 Å². The first-order valence-corrected chi connectivity index (χ1v) is 6.58. The predicted molar refractivity (Wildman–Crippen MR) is 67.8 cm³/mol. The summed E-state index contributed by atoms with van der Waals surface area (Å²) in [5.74, 6) is -0.0388. The minimum atomic E-state index is -0.324. The van der Waals surface area contributed by atoms with E-state index in [4.69, 9.17) is 5.73 Å². The van der Waals surface area contributed by atoms with Gasteiger partial charge in [0.05, 0.1) is 6.54 Å². The monoisotopic (exact) mass is 254 g/mol. The molecule has 0 aliphatic carbocycles. The number of nitrogens with zero attached hydrogens (tertiary/aromatic N) is 2. The molecular formula is C12H22N4O2. The lowest BCUT2D eigenvalue weighted by Crippen LogP contribution is -2.48. The second kappa shape index (κ2) is 5.67. The summed E-state index contributed by atoms with van der Waals surface area (Å²) in [5, 5.41) is 2.81. The SMILES string of the molecule is CN1CCC(NC(=O)CN2CCC(N)CC2)C1=O. The molecule has 0 aromatic heterocycles. The van der Waals surface area contributed by atoms with Gasteiger partial charge in [-0.25, -0.2) is 0 Å². The fourth-order valence-electron chi connectivity index (χ4n) is 2.51. The fraction of sp³-hybridized carbons (Fsp3) is 0.833. The first kappa shape index (κ1) is 13.3. The molecule has 2 amide bonds. The number of carbonyl (C=O) groups excluding carboxylic acids is 2. The zero-order valence-corrected chi connectivity index (χ0v) is 10.9. The van der Waals surface area contributed by atoms with Crippen LogP contribution in [0.4, 0.5) is 0 Å². The third kappa shape index (κ3) is 3.20. The van der Waals surface area contributed by atoms with E-state index in [1.807, 2.05) is 0 Å². The predicted octanol–water partition coefficient (Wildman–Crippen LogP) is -1.24. The Labute approximate surface area is 107 Å². The molecule has 1 atom stereocenters.